The molecule has 1 heterocycles. The Morgan fingerprint density at radius 1 is 1.00 bits per heavy atom. The Balaban J connectivity index is 1.90. The number of carbonyl (C=O) groups excluding carboxylic acids is 1. The summed E-state index contributed by atoms with van der Waals surface area (Å²) in [5.74, 6) is -0.175. The number of para-hydroxylation sites is 1. The van der Waals surface area contributed by atoms with Crippen molar-refractivity contribution in [1.29, 1.82) is 5.26 Å². The number of phenols is 1. The molecule has 0 unspecified atom stereocenters. The van der Waals surface area contributed by atoms with E-state index in [1.165, 1.54) is 0 Å². The highest BCUT2D eigenvalue weighted by Gasteiger charge is 2.27. The quantitative estimate of drug-likeness (QED) is 0.354. The molecule has 3 N–H and O–H groups in total. The van der Waals surface area contributed by atoms with Gasteiger partial charge < -0.3 is 15.7 Å². The normalized spacial score (nSPS) is 10.5. The summed E-state index contributed by atoms with van der Waals surface area (Å²) in [6.45, 7) is 0. The Kier molecular flexibility index (Phi) is 5.63. The molecule has 0 aliphatic heterocycles. The molecule has 0 bridgehead atoms. The Labute approximate surface area is 188 Å². The summed E-state index contributed by atoms with van der Waals surface area (Å²) in [5.41, 5.74) is 8.52. The summed E-state index contributed by atoms with van der Waals surface area (Å²) in [5, 5.41) is 20.5. The number of hydrogen-bond donors (Lipinski definition) is 2. The predicted molar refractivity (Wildman–Crippen MR) is 125 cm³/mol. The number of hydrogen-bond acceptors (Lipinski definition) is 6. The van der Waals surface area contributed by atoms with Gasteiger partial charge in [0.2, 0.25) is 5.78 Å². The fourth-order valence-corrected chi connectivity index (χ4v) is 4.55. The van der Waals surface area contributed by atoms with Crippen LogP contribution in [0.1, 0.15) is 20.8 Å². The zero-order chi connectivity index (χ0) is 22.0. The van der Waals surface area contributed by atoms with Crippen LogP contribution < -0.4 is 10.6 Å². The molecule has 0 aliphatic rings. The predicted octanol–water partition coefficient (Wildman–Crippen LogP) is 6.26. The molecule has 0 saturated heterocycles. The Hall–Kier alpha value is -3.79. The maximum Gasteiger partial charge on any atom is 0.205 e. The van der Waals surface area contributed by atoms with Gasteiger partial charge in [0.15, 0.2) is 0 Å². The summed E-state index contributed by atoms with van der Waals surface area (Å²) in [6.07, 6.45) is 0. The van der Waals surface area contributed by atoms with Crippen LogP contribution in [0.5, 0.6) is 5.75 Å². The molecular formula is C24H16ClN3O2S. The second-order valence-corrected chi connectivity index (χ2v) is 8.10. The first-order chi connectivity index (χ1) is 15.0. The van der Waals surface area contributed by atoms with E-state index in [0.717, 1.165) is 17.0 Å². The zero-order valence-electron chi connectivity index (χ0n) is 16.1. The van der Waals surface area contributed by atoms with Crippen LogP contribution in [0.15, 0.2) is 78.9 Å². The Bertz CT molecular complexity index is 1290. The van der Waals surface area contributed by atoms with Crippen LogP contribution in [-0.4, -0.2) is 10.9 Å². The van der Waals surface area contributed by atoms with Crippen LogP contribution in [0.3, 0.4) is 0 Å². The second-order valence-electron chi connectivity index (χ2n) is 6.66. The molecule has 31 heavy (non-hydrogen) atoms. The topological polar surface area (TPSA) is 90.4 Å². The maximum absolute atomic E-state index is 13.2. The number of ketones is 1. The van der Waals surface area contributed by atoms with Crippen molar-refractivity contribution in [1.82, 2.24) is 0 Å². The lowest BCUT2D eigenvalue weighted by molar-refractivity contribution is 0.104. The van der Waals surface area contributed by atoms with E-state index in [2.05, 4.69) is 6.07 Å². The summed E-state index contributed by atoms with van der Waals surface area (Å²) in [7, 11) is 0. The van der Waals surface area contributed by atoms with Crippen LogP contribution in [-0.2, 0) is 0 Å². The molecule has 4 rings (SSSR count). The van der Waals surface area contributed by atoms with Crippen molar-refractivity contribution < 1.29 is 9.90 Å². The van der Waals surface area contributed by atoms with Crippen molar-refractivity contribution in [3.63, 3.8) is 0 Å². The van der Waals surface area contributed by atoms with E-state index in [4.69, 9.17) is 17.3 Å². The van der Waals surface area contributed by atoms with Crippen LogP contribution in [0.25, 0.3) is 0 Å². The molecule has 5 nitrogen and oxygen atoms in total. The molecule has 0 radical (unpaired) electrons. The van der Waals surface area contributed by atoms with Crippen molar-refractivity contribution in [2.75, 3.05) is 10.6 Å². The number of nitrogens with zero attached hydrogens (tertiary/aromatic N) is 2. The van der Waals surface area contributed by atoms with Crippen molar-refractivity contribution in [2.24, 2.45) is 0 Å². The van der Waals surface area contributed by atoms with Gasteiger partial charge in [-0.15, -0.1) is 11.3 Å². The summed E-state index contributed by atoms with van der Waals surface area (Å²) >= 11 is 7.19. The van der Waals surface area contributed by atoms with Gasteiger partial charge in [0.05, 0.1) is 5.69 Å². The zero-order valence-corrected chi connectivity index (χ0v) is 17.7. The average Bonchev–Trinajstić information content (AvgIpc) is 3.11. The first-order valence-corrected chi connectivity index (χ1v) is 10.5. The SMILES string of the molecule is N#Cc1c(N(c2ccccc2)c2ccc(O)cc2)sc(C(=O)c2cccc(Cl)c2)c1N. The van der Waals surface area contributed by atoms with Gasteiger partial charge in [0.1, 0.15) is 27.3 Å². The van der Waals surface area contributed by atoms with Crippen molar-refractivity contribution >= 4 is 50.8 Å². The minimum atomic E-state index is -0.300. The fraction of sp³-hybridized carbons (Fsp3) is 0. The standard InChI is InChI=1S/C24H16ClN3O2S/c25-16-6-4-5-15(13-16)22(30)23-21(27)20(14-26)24(31-23)28(17-7-2-1-3-8-17)18-9-11-19(29)12-10-18/h1-13,29H,27H2. The van der Waals surface area contributed by atoms with Crippen LogP contribution >= 0.6 is 22.9 Å². The van der Waals surface area contributed by atoms with E-state index >= 15 is 0 Å². The van der Waals surface area contributed by atoms with Crippen molar-refractivity contribution in [3.8, 4) is 11.8 Å². The van der Waals surface area contributed by atoms with Gasteiger partial charge in [-0.2, -0.15) is 5.26 Å². The number of nitriles is 1. The molecule has 0 aliphatic carbocycles. The lowest BCUT2D eigenvalue weighted by Crippen LogP contribution is -2.09. The lowest BCUT2D eigenvalue weighted by Gasteiger charge is -2.24. The average molecular weight is 446 g/mol. The smallest absolute Gasteiger partial charge is 0.205 e. The molecule has 7 heteroatoms. The highest BCUT2D eigenvalue weighted by Crippen LogP contribution is 2.45. The maximum atomic E-state index is 13.2. The molecule has 1 aromatic heterocycles. The lowest BCUT2D eigenvalue weighted by atomic mass is 10.1. The third kappa shape index (κ3) is 3.97. The van der Waals surface area contributed by atoms with Crippen LogP contribution in [0.2, 0.25) is 5.02 Å². The van der Waals surface area contributed by atoms with E-state index in [0.29, 0.717) is 21.3 Å². The highest BCUT2D eigenvalue weighted by molar-refractivity contribution is 7.19. The number of rotatable bonds is 5. The molecule has 152 valence electrons. The van der Waals surface area contributed by atoms with Gasteiger partial charge in [-0.3, -0.25) is 4.79 Å². The highest BCUT2D eigenvalue weighted by atomic mass is 35.5. The van der Waals surface area contributed by atoms with Gasteiger partial charge in [0.25, 0.3) is 0 Å². The van der Waals surface area contributed by atoms with E-state index in [-0.39, 0.29) is 27.7 Å². The van der Waals surface area contributed by atoms with E-state index in [9.17, 15) is 15.2 Å². The third-order valence-corrected chi connectivity index (χ3v) is 6.08. The molecule has 0 amide bonds. The van der Waals surface area contributed by atoms with Gasteiger partial charge in [-0.05, 0) is 48.5 Å². The third-order valence-electron chi connectivity index (χ3n) is 4.66. The molecule has 0 spiro atoms. The first-order valence-electron chi connectivity index (χ1n) is 9.26. The molecule has 0 saturated carbocycles. The molecule has 3 aromatic carbocycles. The second kappa shape index (κ2) is 8.52. The molecule has 0 fully saturated rings. The first kappa shape index (κ1) is 20.5. The van der Waals surface area contributed by atoms with Crippen molar-refractivity contribution in [3.05, 3.63) is 99.9 Å². The number of aromatic hydroxyl groups is 1. The van der Waals surface area contributed by atoms with E-state index in [1.54, 1.807) is 48.5 Å². The Morgan fingerprint density at radius 3 is 2.32 bits per heavy atom. The molecular weight excluding hydrogens is 430 g/mol. The van der Waals surface area contributed by atoms with E-state index < -0.39 is 0 Å². The van der Waals surface area contributed by atoms with Crippen LogP contribution in [0.4, 0.5) is 22.1 Å². The number of thiophene rings is 1. The van der Waals surface area contributed by atoms with Crippen molar-refractivity contribution in [2.45, 2.75) is 0 Å². The summed E-state index contributed by atoms with van der Waals surface area (Å²) in [4.78, 5) is 15.3. The largest absolute Gasteiger partial charge is 0.508 e. The van der Waals surface area contributed by atoms with Gasteiger partial charge in [0, 0.05) is 22.0 Å². The number of phenolic OH excluding ortho intramolecular Hbond substituents is 1. The monoisotopic (exact) mass is 445 g/mol. The van der Waals surface area contributed by atoms with Gasteiger partial charge in [-0.1, -0.05) is 41.9 Å². The Morgan fingerprint density at radius 2 is 1.68 bits per heavy atom. The van der Waals surface area contributed by atoms with Gasteiger partial charge in [-0.25, -0.2) is 0 Å². The minimum Gasteiger partial charge on any atom is -0.508 e. The molecule has 4 aromatic rings. The number of halogens is 1. The van der Waals surface area contributed by atoms with Crippen LogP contribution in [0, 0.1) is 11.3 Å². The fourth-order valence-electron chi connectivity index (χ4n) is 3.19. The summed E-state index contributed by atoms with van der Waals surface area (Å²) in [6, 6.07) is 24.8. The summed E-state index contributed by atoms with van der Waals surface area (Å²) < 4.78 is 0. The number of nitrogens with two attached hydrogens (primary N) is 1. The number of anilines is 4. The minimum absolute atomic E-state index is 0.125. The molecule has 0 atom stereocenters. The van der Waals surface area contributed by atoms with E-state index in [1.807, 2.05) is 35.2 Å². The van der Waals surface area contributed by atoms with Gasteiger partial charge >= 0.3 is 0 Å². The number of nitrogen functional groups attached to an aromatic ring is 1. The number of carbonyl (C=O) groups is 1. The number of benzene rings is 3.